The predicted octanol–water partition coefficient (Wildman–Crippen LogP) is 1.46. The van der Waals surface area contributed by atoms with E-state index in [0.29, 0.717) is 12.2 Å². The molecule has 3 rings (SSSR count). The molecular formula is C14H17N5O. The molecule has 0 fully saturated rings. The minimum atomic E-state index is 0.00185. The summed E-state index contributed by atoms with van der Waals surface area (Å²) in [5, 5.41) is 0. The van der Waals surface area contributed by atoms with Gasteiger partial charge in [0.05, 0.1) is 6.54 Å². The Morgan fingerprint density at radius 2 is 2.05 bits per heavy atom. The molecular weight excluding hydrogens is 254 g/mol. The number of hydrogen-bond donors (Lipinski definition) is 0. The van der Waals surface area contributed by atoms with Gasteiger partial charge < -0.3 is 9.47 Å². The van der Waals surface area contributed by atoms with Crippen LogP contribution in [0.1, 0.15) is 35.7 Å². The number of nitrogens with zero attached hydrogens (tertiary/aromatic N) is 5. The monoisotopic (exact) mass is 271 g/mol. The summed E-state index contributed by atoms with van der Waals surface area (Å²) in [7, 11) is 0. The summed E-state index contributed by atoms with van der Waals surface area (Å²) in [4.78, 5) is 26.6. The Labute approximate surface area is 117 Å². The van der Waals surface area contributed by atoms with Crippen LogP contribution in [0.2, 0.25) is 0 Å². The van der Waals surface area contributed by atoms with E-state index in [1.54, 1.807) is 6.92 Å². The standard InChI is InChI=1S/C14H17N5O/c1-3-11-6-15-14(16-7-11)19-5-4-18-8-12(10(2)20)17-13(18)9-19/h6-8H,3-5,9H2,1-2H3. The maximum atomic E-state index is 11.4. The maximum absolute atomic E-state index is 11.4. The van der Waals surface area contributed by atoms with Crippen LogP contribution in [0.4, 0.5) is 5.95 Å². The summed E-state index contributed by atoms with van der Waals surface area (Å²) < 4.78 is 2.04. The zero-order chi connectivity index (χ0) is 14.1. The smallest absolute Gasteiger partial charge is 0.225 e. The summed E-state index contributed by atoms with van der Waals surface area (Å²) in [5.41, 5.74) is 1.66. The number of carbonyl (C=O) groups excluding carboxylic acids is 1. The number of aromatic nitrogens is 4. The molecule has 0 atom stereocenters. The minimum Gasteiger partial charge on any atom is -0.332 e. The van der Waals surface area contributed by atoms with E-state index >= 15 is 0 Å². The van der Waals surface area contributed by atoms with Gasteiger partial charge in [-0.3, -0.25) is 4.79 Å². The number of Topliss-reactive ketones (excluding diaryl/α,β-unsaturated/α-hetero) is 1. The summed E-state index contributed by atoms with van der Waals surface area (Å²) in [6, 6.07) is 0. The molecule has 2 aromatic rings. The number of rotatable bonds is 3. The first-order chi connectivity index (χ1) is 9.67. The molecule has 0 saturated heterocycles. The summed E-state index contributed by atoms with van der Waals surface area (Å²) in [6.07, 6.45) is 6.50. The first kappa shape index (κ1) is 12.8. The van der Waals surface area contributed by atoms with Crippen LogP contribution in [-0.2, 0) is 19.5 Å². The van der Waals surface area contributed by atoms with Gasteiger partial charge in [-0.25, -0.2) is 15.0 Å². The lowest BCUT2D eigenvalue weighted by Gasteiger charge is -2.27. The van der Waals surface area contributed by atoms with Gasteiger partial charge in [-0.15, -0.1) is 0 Å². The fourth-order valence-electron chi connectivity index (χ4n) is 2.29. The molecule has 0 spiro atoms. The Morgan fingerprint density at radius 1 is 1.30 bits per heavy atom. The molecule has 1 aliphatic heterocycles. The fourth-order valence-corrected chi connectivity index (χ4v) is 2.29. The van der Waals surface area contributed by atoms with E-state index < -0.39 is 0 Å². The number of imidazole rings is 1. The van der Waals surface area contributed by atoms with E-state index in [0.717, 1.165) is 36.8 Å². The van der Waals surface area contributed by atoms with Crippen molar-refractivity contribution in [2.45, 2.75) is 33.4 Å². The predicted molar refractivity (Wildman–Crippen MR) is 74.7 cm³/mol. The first-order valence-electron chi connectivity index (χ1n) is 6.80. The Hall–Kier alpha value is -2.24. The number of anilines is 1. The molecule has 2 aromatic heterocycles. The lowest BCUT2D eigenvalue weighted by Crippen LogP contribution is -2.34. The quantitative estimate of drug-likeness (QED) is 0.791. The molecule has 0 aromatic carbocycles. The Balaban J connectivity index is 1.82. The van der Waals surface area contributed by atoms with Gasteiger partial charge in [0.25, 0.3) is 0 Å². The molecule has 0 radical (unpaired) electrons. The fraction of sp³-hybridized carbons (Fsp3) is 0.429. The number of hydrogen-bond acceptors (Lipinski definition) is 5. The van der Waals surface area contributed by atoms with E-state index in [1.165, 1.54) is 0 Å². The highest BCUT2D eigenvalue weighted by molar-refractivity contribution is 5.91. The Kier molecular flexibility index (Phi) is 3.22. The van der Waals surface area contributed by atoms with Gasteiger partial charge in [0.1, 0.15) is 11.5 Å². The van der Waals surface area contributed by atoms with Crippen LogP contribution in [0.3, 0.4) is 0 Å². The second-order valence-electron chi connectivity index (χ2n) is 4.96. The van der Waals surface area contributed by atoms with E-state index in [9.17, 15) is 4.79 Å². The number of ketones is 1. The third-order valence-corrected chi connectivity index (χ3v) is 3.55. The van der Waals surface area contributed by atoms with Crippen LogP contribution in [0.5, 0.6) is 0 Å². The third-order valence-electron chi connectivity index (χ3n) is 3.55. The minimum absolute atomic E-state index is 0.00185. The van der Waals surface area contributed by atoms with Gasteiger partial charge in [0.15, 0.2) is 5.78 Å². The van der Waals surface area contributed by atoms with E-state index in [2.05, 4.69) is 26.8 Å². The van der Waals surface area contributed by atoms with E-state index in [4.69, 9.17) is 0 Å². The second-order valence-corrected chi connectivity index (χ2v) is 4.96. The van der Waals surface area contributed by atoms with Crippen molar-refractivity contribution in [1.82, 2.24) is 19.5 Å². The normalized spacial score (nSPS) is 14.2. The molecule has 0 bridgehead atoms. The van der Waals surface area contributed by atoms with Crippen molar-refractivity contribution in [1.29, 1.82) is 0 Å². The zero-order valence-corrected chi connectivity index (χ0v) is 11.7. The van der Waals surface area contributed by atoms with Gasteiger partial charge >= 0.3 is 0 Å². The molecule has 0 saturated carbocycles. The Bertz CT molecular complexity index is 632. The van der Waals surface area contributed by atoms with Crippen LogP contribution in [0, 0.1) is 0 Å². The van der Waals surface area contributed by atoms with Gasteiger partial charge in [0, 0.05) is 38.6 Å². The van der Waals surface area contributed by atoms with Gasteiger partial charge in [0.2, 0.25) is 5.95 Å². The topological polar surface area (TPSA) is 63.9 Å². The lowest BCUT2D eigenvalue weighted by atomic mass is 10.3. The molecule has 20 heavy (non-hydrogen) atoms. The summed E-state index contributed by atoms with van der Waals surface area (Å²) in [5.74, 6) is 1.62. The van der Waals surface area contributed by atoms with Crippen molar-refractivity contribution in [3.8, 4) is 0 Å². The van der Waals surface area contributed by atoms with Crippen molar-refractivity contribution in [2.75, 3.05) is 11.4 Å². The maximum Gasteiger partial charge on any atom is 0.225 e. The van der Waals surface area contributed by atoms with Gasteiger partial charge in [-0.1, -0.05) is 6.92 Å². The van der Waals surface area contributed by atoms with Crippen LogP contribution in [0.25, 0.3) is 0 Å². The highest BCUT2D eigenvalue weighted by atomic mass is 16.1. The van der Waals surface area contributed by atoms with E-state index in [1.807, 2.05) is 23.2 Å². The second kappa shape index (κ2) is 5.03. The highest BCUT2D eigenvalue weighted by Gasteiger charge is 2.21. The third kappa shape index (κ3) is 2.29. The van der Waals surface area contributed by atoms with Crippen molar-refractivity contribution in [2.24, 2.45) is 0 Å². The van der Waals surface area contributed by atoms with Crippen LogP contribution < -0.4 is 4.90 Å². The van der Waals surface area contributed by atoms with Gasteiger partial charge in [-0.05, 0) is 12.0 Å². The van der Waals surface area contributed by atoms with Gasteiger partial charge in [-0.2, -0.15) is 0 Å². The van der Waals surface area contributed by atoms with Crippen molar-refractivity contribution >= 4 is 11.7 Å². The largest absolute Gasteiger partial charge is 0.332 e. The molecule has 3 heterocycles. The van der Waals surface area contributed by atoms with Crippen LogP contribution in [0.15, 0.2) is 18.6 Å². The van der Waals surface area contributed by atoms with Crippen molar-refractivity contribution in [3.05, 3.63) is 35.7 Å². The average Bonchev–Trinajstić information content (AvgIpc) is 2.90. The van der Waals surface area contributed by atoms with Crippen molar-refractivity contribution in [3.63, 3.8) is 0 Å². The molecule has 0 N–H and O–H groups in total. The first-order valence-corrected chi connectivity index (χ1v) is 6.80. The van der Waals surface area contributed by atoms with Crippen molar-refractivity contribution < 1.29 is 4.79 Å². The SMILES string of the molecule is CCc1cnc(N2CCn3cc(C(C)=O)nc3C2)nc1. The molecule has 0 aliphatic carbocycles. The number of carbonyl (C=O) groups is 1. The number of aryl methyl sites for hydroxylation is 1. The molecule has 6 heteroatoms. The summed E-state index contributed by atoms with van der Waals surface area (Å²) >= 11 is 0. The molecule has 0 amide bonds. The molecule has 1 aliphatic rings. The average molecular weight is 271 g/mol. The molecule has 104 valence electrons. The van der Waals surface area contributed by atoms with Crippen LogP contribution in [-0.4, -0.2) is 31.8 Å². The Morgan fingerprint density at radius 3 is 2.70 bits per heavy atom. The molecule has 0 unspecified atom stereocenters. The number of fused-ring (bicyclic) bond motifs is 1. The molecule has 6 nitrogen and oxygen atoms in total. The highest BCUT2D eigenvalue weighted by Crippen LogP contribution is 2.17. The van der Waals surface area contributed by atoms with E-state index in [-0.39, 0.29) is 5.78 Å². The summed E-state index contributed by atoms with van der Waals surface area (Å²) in [6.45, 7) is 5.89. The van der Waals surface area contributed by atoms with Crippen LogP contribution >= 0.6 is 0 Å². The zero-order valence-electron chi connectivity index (χ0n) is 11.7. The lowest BCUT2D eigenvalue weighted by molar-refractivity contribution is 0.101.